The minimum absolute atomic E-state index is 0.00313. The van der Waals surface area contributed by atoms with E-state index in [1.54, 1.807) is 0 Å². The quantitative estimate of drug-likeness (QED) is 0.619. The molecular weight excluding hydrogens is 344 g/mol. The Kier molecular flexibility index (Phi) is 5.98. The Morgan fingerprint density at radius 3 is 2.60 bits per heavy atom. The van der Waals surface area contributed by atoms with E-state index in [2.05, 4.69) is 5.32 Å². The first-order valence-corrected chi connectivity index (χ1v) is 8.09. The Labute approximate surface area is 150 Å². The largest absolute Gasteiger partial charge is 0.477 e. The molecule has 0 aliphatic carbocycles. The molecular formula is C18H19ClN2O4. The van der Waals surface area contributed by atoms with Gasteiger partial charge in [0.2, 0.25) is 0 Å². The first kappa shape index (κ1) is 18.7. The monoisotopic (exact) mass is 362 g/mol. The van der Waals surface area contributed by atoms with Crippen molar-refractivity contribution in [3.05, 3.63) is 68.2 Å². The maximum Gasteiger partial charge on any atom is 0.312 e. The standard InChI is InChI=1S/C18H19ClN2O4/c1-11-4-5-14(8-12(11)2)13(3)20-18(22)10-25-17-7-6-15(19)9-16(17)21(23)24/h4-9,13H,10H2,1-3H3,(H,20,22). The number of carbonyl (C=O) groups is 1. The average Bonchev–Trinajstić information content (AvgIpc) is 2.55. The fourth-order valence-corrected chi connectivity index (χ4v) is 2.47. The number of nitrogens with one attached hydrogen (secondary N) is 1. The first-order chi connectivity index (χ1) is 11.8. The molecule has 0 saturated carbocycles. The summed E-state index contributed by atoms with van der Waals surface area (Å²) in [5.41, 5.74) is 3.03. The van der Waals surface area contributed by atoms with Crippen LogP contribution >= 0.6 is 11.6 Å². The van der Waals surface area contributed by atoms with Crippen molar-refractivity contribution in [1.82, 2.24) is 5.32 Å². The molecule has 1 atom stereocenters. The molecule has 0 aromatic heterocycles. The average molecular weight is 363 g/mol. The third-order valence-corrected chi connectivity index (χ3v) is 4.12. The van der Waals surface area contributed by atoms with Gasteiger partial charge in [0, 0.05) is 11.1 Å². The SMILES string of the molecule is Cc1ccc(C(C)NC(=O)COc2ccc(Cl)cc2[N+](=O)[O-])cc1C. The number of hydrogen-bond donors (Lipinski definition) is 1. The van der Waals surface area contributed by atoms with Crippen molar-refractivity contribution in [2.45, 2.75) is 26.8 Å². The van der Waals surface area contributed by atoms with Crippen molar-refractivity contribution in [2.24, 2.45) is 0 Å². The summed E-state index contributed by atoms with van der Waals surface area (Å²) in [6.45, 7) is 5.58. The Morgan fingerprint density at radius 1 is 1.24 bits per heavy atom. The number of ether oxygens (including phenoxy) is 1. The van der Waals surface area contributed by atoms with E-state index in [0.717, 1.165) is 11.1 Å². The topological polar surface area (TPSA) is 81.5 Å². The van der Waals surface area contributed by atoms with Gasteiger partial charge in [-0.05, 0) is 49.6 Å². The van der Waals surface area contributed by atoms with E-state index in [4.69, 9.17) is 16.3 Å². The van der Waals surface area contributed by atoms with Gasteiger partial charge in [-0.1, -0.05) is 29.8 Å². The smallest absolute Gasteiger partial charge is 0.312 e. The van der Waals surface area contributed by atoms with Crippen molar-refractivity contribution in [3.8, 4) is 5.75 Å². The lowest BCUT2D eigenvalue weighted by Crippen LogP contribution is -2.31. The second kappa shape index (κ2) is 7.98. The summed E-state index contributed by atoms with van der Waals surface area (Å²) in [6, 6.07) is 9.81. The highest BCUT2D eigenvalue weighted by molar-refractivity contribution is 6.30. The Bertz CT molecular complexity index is 808. The normalized spacial score (nSPS) is 11.7. The molecule has 1 N–H and O–H groups in total. The van der Waals surface area contributed by atoms with E-state index in [-0.39, 0.29) is 35.0 Å². The zero-order chi connectivity index (χ0) is 18.6. The molecule has 0 saturated heterocycles. The van der Waals surface area contributed by atoms with Gasteiger partial charge in [0.05, 0.1) is 11.0 Å². The summed E-state index contributed by atoms with van der Waals surface area (Å²) < 4.78 is 5.28. The second-order valence-electron chi connectivity index (χ2n) is 5.79. The predicted octanol–water partition coefficient (Wildman–Crippen LogP) is 4.12. The summed E-state index contributed by atoms with van der Waals surface area (Å²) >= 11 is 5.74. The number of benzene rings is 2. The van der Waals surface area contributed by atoms with Crippen LogP contribution in [0, 0.1) is 24.0 Å². The molecule has 6 nitrogen and oxygen atoms in total. The highest BCUT2D eigenvalue weighted by Crippen LogP contribution is 2.29. The summed E-state index contributed by atoms with van der Waals surface area (Å²) in [4.78, 5) is 22.5. The number of nitrogens with zero attached hydrogens (tertiary/aromatic N) is 1. The Hall–Kier alpha value is -2.60. The third-order valence-electron chi connectivity index (χ3n) is 3.88. The molecule has 0 aliphatic rings. The summed E-state index contributed by atoms with van der Waals surface area (Å²) in [5, 5.41) is 14.0. The van der Waals surface area contributed by atoms with Crippen molar-refractivity contribution in [1.29, 1.82) is 0 Å². The van der Waals surface area contributed by atoms with Gasteiger partial charge in [0.25, 0.3) is 5.91 Å². The molecule has 25 heavy (non-hydrogen) atoms. The van der Waals surface area contributed by atoms with Crippen LogP contribution in [-0.2, 0) is 4.79 Å². The molecule has 0 fully saturated rings. The van der Waals surface area contributed by atoms with E-state index in [1.807, 2.05) is 39.0 Å². The zero-order valence-corrected chi connectivity index (χ0v) is 15.0. The number of hydrogen-bond acceptors (Lipinski definition) is 4. The van der Waals surface area contributed by atoms with Crippen LogP contribution in [0.4, 0.5) is 5.69 Å². The lowest BCUT2D eigenvalue weighted by Gasteiger charge is -2.16. The molecule has 2 aromatic carbocycles. The molecule has 1 unspecified atom stereocenters. The number of halogens is 1. The molecule has 0 aliphatic heterocycles. The van der Waals surface area contributed by atoms with Crippen LogP contribution in [0.25, 0.3) is 0 Å². The van der Waals surface area contributed by atoms with E-state index >= 15 is 0 Å². The fraction of sp³-hybridized carbons (Fsp3) is 0.278. The predicted molar refractivity (Wildman–Crippen MR) is 96.1 cm³/mol. The molecule has 0 bridgehead atoms. The molecule has 7 heteroatoms. The number of carbonyl (C=O) groups excluding carboxylic acids is 1. The van der Waals surface area contributed by atoms with Crippen LogP contribution in [0.15, 0.2) is 36.4 Å². The van der Waals surface area contributed by atoms with E-state index < -0.39 is 4.92 Å². The van der Waals surface area contributed by atoms with Crippen LogP contribution in [0.1, 0.15) is 29.7 Å². The van der Waals surface area contributed by atoms with Crippen molar-refractivity contribution >= 4 is 23.2 Å². The lowest BCUT2D eigenvalue weighted by molar-refractivity contribution is -0.385. The molecule has 0 heterocycles. The fourth-order valence-electron chi connectivity index (χ4n) is 2.30. The van der Waals surface area contributed by atoms with Crippen LogP contribution in [0.5, 0.6) is 5.75 Å². The highest BCUT2D eigenvalue weighted by atomic mass is 35.5. The summed E-state index contributed by atoms with van der Waals surface area (Å²) in [5.74, 6) is -0.363. The van der Waals surface area contributed by atoms with Crippen LogP contribution in [0.2, 0.25) is 5.02 Å². The van der Waals surface area contributed by atoms with Gasteiger partial charge < -0.3 is 10.1 Å². The first-order valence-electron chi connectivity index (χ1n) is 7.71. The Balaban J connectivity index is 1.99. The maximum atomic E-state index is 12.1. The lowest BCUT2D eigenvalue weighted by atomic mass is 10.0. The minimum Gasteiger partial charge on any atom is -0.477 e. The van der Waals surface area contributed by atoms with Crippen LogP contribution in [0.3, 0.4) is 0 Å². The molecule has 132 valence electrons. The highest BCUT2D eigenvalue weighted by Gasteiger charge is 2.17. The van der Waals surface area contributed by atoms with Gasteiger partial charge in [0.15, 0.2) is 12.4 Å². The van der Waals surface area contributed by atoms with E-state index in [0.29, 0.717) is 0 Å². The van der Waals surface area contributed by atoms with Crippen molar-refractivity contribution < 1.29 is 14.5 Å². The van der Waals surface area contributed by atoms with Crippen molar-refractivity contribution in [2.75, 3.05) is 6.61 Å². The van der Waals surface area contributed by atoms with E-state index in [9.17, 15) is 14.9 Å². The molecule has 1 amide bonds. The number of amides is 1. The third kappa shape index (κ3) is 4.93. The number of nitro benzene ring substituents is 1. The molecule has 0 spiro atoms. The second-order valence-corrected chi connectivity index (χ2v) is 6.23. The number of aryl methyl sites for hydroxylation is 2. The van der Waals surface area contributed by atoms with Gasteiger partial charge in [0.1, 0.15) is 0 Å². The van der Waals surface area contributed by atoms with Gasteiger partial charge in [-0.15, -0.1) is 0 Å². The van der Waals surface area contributed by atoms with Gasteiger partial charge in [-0.25, -0.2) is 0 Å². The van der Waals surface area contributed by atoms with Crippen LogP contribution < -0.4 is 10.1 Å². The zero-order valence-electron chi connectivity index (χ0n) is 14.2. The van der Waals surface area contributed by atoms with E-state index in [1.165, 1.54) is 23.8 Å². The maximum absolute atomic E-state index is 12.1. The summed E-state index contributed by atoms with van der Waals surface area (Å²) in [7, 11) is 0. The molecule has 0 radical (unpaired) electrons. The van der Waals surface area contributed by atoms with Crippen LogP contribution in [-0.4, -0.2) is 17.4 Å². The van der Waals surface area contributed by atoms with Gasteiger partial charge >= 0.3 is 5.69 Å². The Morgan fingerprint density at radius 2 is 1.96 bits per heavy atom. The molecule has 2 rings (SSSR count). The minimum atomic E-state index is -0.600. The number of rotatable bonds is 6. The number of nitro groups is 1. The van der Waals surface area contributed by atoms with Crippen molar-refractivity contribution in [3.63, 3.8) is 0 Å². The summed E-state index contributed by atoms with van der Waals surface area (Å²) in [6.07, 6.45) is 0. The molecule has 2 aromatic rings. The van der Waals surface area contributed by atoms with Gasteiger partial charge in [-0.2, -0.15) is 0 Å². The van der Waals surface area contributed by atoms with Gasteiger partial charge in [-0.3, -0.25) is 14.9 Å².